The second-order valence-corrected chi connectivity index (χ2v) is 4.24. The van der Waals surface area contributed by atoms with Gasteiger partial charge in [-0.25, -0.2) is 4.79 Å². The summed E-state index contributed by atoms with van der Waals surface area (Å²) in [6.07, 6.45) is -1.18. The molecule has 0 aliphatic carbocycles. The summed E-state index contributed by atoms with van der Waals surface area (Å²) in [5, 5.41) is 22.3. The number of amides is 1. The minimum absolute atomic E-state index is 0.0437. The maximum Gasteiger partial charge on any atom is 0.411 e. The predicted octanol–water partition coefficient (Wildman–Crippen LogP) is -0.792. The number of allylic oxidation sites excluding steroid dienone is 2. The molecule has 2 heterocycles. The second-order valence-electron chi connectivity index (χ2n) is 4.24. The van der Waals surface area contributed by atoms with Gasteiger partial charge in [-0.15, -0.1) is 0 Å². The standard InChI is InChI=1S/C15H12N2O5/c1-9-11-10(18)7-5-3-4-6-8-17(9)14(20)13(19)12(11)16-15(21)22-2/h3-4,10,14,18,20H,1H2,2H3,(H,16,21)/b4-3-. The van der Waals surface area contributed by atoms with Crippen molar-refractivity contribution >= 4 is 11.9 Å². The first kappa shape index (κ1) is 15.4. The van der Waals surface area contributed by atoms with Crippen molar-refractivity contribution in [3.63, 3.8) is 0 Å². The number of carbonyl (C=O) groups excluding carboxylic acids is 2. The van der Waals surface area contributed by atoms with E-state index in [4.69, 9.17) is 0 Å². The van der Waals surface area contributed by atoms with Crippen molar-refractivity contribution in [2.45, 2.75) is 12.3 Å². The molecule has 0 saturated carbocycles. The van der Waals surface area contributed by atoms with Gasteiger partial charge in [0.15, 0.2) is 0 Å². The van der Waals surface area contributed by atoms with Crippen molar-refractivity contribution in [1.82, 2.24) is 10.2 Å². The quantitative estimate of drug-likeness (QED) is 0.549. The van der Waals surface area contributed by atoms with Crippen molar-refractivity contribution in [3.8, 4) is 23.8 Å². The molecule has 0 spiro atoms. The number of nitrogens with one attached hydrogen (secondary N) is 1. The summed E-state index contributed by atoms with van der Waals surface area (Å²) in [7, 11) is 1.12. The number of rotatable bonds is 1. The van der Waals surface area contributed by atoms with Gasteiger partial charge < -0.3 is 14.9 Å². The predicted molar refractivity (Wildman–Crippen MR) is 75.3 cm³/mol. The van der Waals surface area contributed by atoms with Crippen LogP contribution in [-0.4, -0.2) is 46.4 Å². The number of nitrogens with zero attached hydrogens (tertiary/aromatic N) is 1. The third-order valence-electron chi connectivity index (χ3n) is 2.94. The lowest BCUT2D eigenvalue weighted by Gasteiger charge is -2.33. The van der Waals surface area contributed by atoms with Gasteiger partial charge in [0.05, 0.1) is 12.8 Å². The number of carbonyl (C=O) groups is 2. The van der Waals surface area contributed by atoms with Crippen LogP contribution in [0.4, 0.5) is 4.79 Å². The van der Waals surface area contributed by atoms with Crippen LogP contribution in [-0.2, 0) is 9.53 Å². The zero-order valence-electron chi connectivity index (χ0n) is 11.6. The van der Waals surface area contributed by atoms with Gasteiger partial charge in [0.25, 0.3) is 0 Å². The molecule has 0 saturated heterocycles. The first-order valence-electron chi connectivity index (χ1n) is 6.12. The Morgan fingerprint density at radius 3 is 2.77 bits per heavy atom. The number of aliphatic hydroxyl groups excluding tert-OH is 2. The van der Waals surface area contributed by atoms with Crippen LogP contribution in [0, 0.1) is 23.8 Å². The Labute approximate surface area is 126 Å². The van der Waals surface area contributed by atoms with Crippen molar-refractivity contribution < 1.29 is 24.5 Å². The Balaban J connectivity index is 2.64. The summed E-state index contributed by atoms with van der Waals surface area (Å²) in [5.41, 5.74) is -0.311. The van der Waals surface area contributed by atoms with Crippen LogP contribution >= 0.6 is 0 Å². The van der Waals surface area contributed by atoms with E-state index in [0.29, 0.717) is 0 Å². The zero-order valence-corrected chi connectivity index (χ0v) is 11.6. The normalized spacial score (nSPS) is 24.6. The van der Waals surface area contributed by atoms with Crippen LogP contribution < -0.4 is 5.32 Å². The largest absolute Gasteiger partial charge is 0.453 e. The highest BCUT2D eigenvalue weighted by Crippen LogP contribution is 2.28. The van der Waals surface area contributed by atoms with Crippen LogP contribution in [0.25, 0.3) is 0 Å². The number of hydrogen-bond acceptors (Lipinski definition) is 6. The van der Waals surface area contributed by atoms with E-state index in [9.17, 15) is 19.8 Å². The van der Waals surface area contributed by atoms with Gasteiger partial charge in [-0.1, -0.05) is 24.3 Å². The van der Waals surface area contributed by atoms with Crippen molar-refractivity contribution in [2.24, 2.45) is 0 Å². The monoisotopic (exact) mass is 300 g/mol. The fourth-order valence-corrected chi connectivity index (χ4v) is 1.90. The van der Waals surface area contributed by atoms with Gasteiger partial charge >= 0.3 is 6.09 Å². The van der Waals surface area contributed by atoms with Crippen LogP contribution in [0.3, 0.4) is 0 Å². The lowest BCUT2D eigenvalue weighted by atomic mass is 9.95. The van der Waals surface area contributed by atoms with Crippen LogP contribution in [0.1, 0.15) is 0 Å². The van der Waals surface area contributed by atoms with Gasteiger partial charge in [0, 0.05) is 11.6 Å². The highest BCUT2D eigenvalue weighted by Gasteiger charge is 2.39. The highest BCUT2D eigenvalue weighted by molar-refractivity contribution is 6.03. The molecular formula is C15H12N2O5. The molecule has 0 aromatic rings. The molecule has 2 atom stereocenters. The Hall–Kier alpha value is -3.00. The van der Waals surface area contributed by atoms with E-state index in [1.165, 1.54) is 12.2 Å². The highest BCUT2D eigenvalue weighted by atomic mass is 16.5. The maximum absolute atomic E-state index is 12.2. The molecule has 7 heteroatoms. The number of ketones is 1. The molecular weight excluding hydrogens is 288 g/mol. The number of Topliss-reactive ketones (excluding diaryl/α,β-unsaturated/α-hetero) is 1. The SMILES string of the molecule is C=C1C2=C(NC(=O)OC)C(=O)C(O)N1C#C/C=C\C#CC2O. The smallest absolute Gasteiger partial charge is 0.411 e. The topological polar surface area (TPSA) is 99.1 Å². The summed E-state index contributed by atoms with van der Waals surface area (Å²) < 4.78 is 4.43. The number of fused-ring (bicyclic) bond motifs is 2. The molecule has 0 aromatic heterocycles. The molecule has 0 radical (unpaired) electrons. The fourth-order valence-electron chi connectivity index (χ4n) is 1.90. The lowest BCUT2D eigenvalue weighted by molar-refractivity contribution is -0.130. The molecule has 1 amide bonds. The van der Waals surface area contributed by atoms with Crippen molar-refractivity contribution in [1.29, 1.82) is 0 Å². The van der Waals surface area contributed by atoms with E-state index < -0.39 is 24.2 Å². The van der Waals surface area contributed by atoms with Gasteiger partial charge in [-0.3, -0.25) is 15.0 Å². The van der Waals surface area contributed by atoms with E-state index in [2.05, 4.69) is 40.4 Å². The second kappa shape index (κ2) is 6.19. The maximum atomic E-state index is 12.2. The third-order valence-corrected chi connectivity index (χ3v) is 2.94. The first-order chi connectivity index (χ1) is 10.5. The average molecular weight is 300 g/mol. The van der Waals surface area contributed by atoms with Gasteiger partial charge in [0.2, 0.25) is 12.0 Å². The first-order valence-corrected chi connectivity index (χ1v) is 6.12. The van der Waals surface area contributed by atoms with Crippen LogP contribution in [0.15, 0.2) is 35.7 Å². The van der Waals surface area contributed by atoms with Crippen molar-refractivity contribution in [2.75, 3.05) is 7.11 Å². The summed E-state index contributed by atoms with van der Waals surface area (Å²) in [5.74, 6) is 6.75. The van der Waals surface area contributed by atoms with Crippen molar-refractivity contribution in [3.05, 3.63) is 35.7 Å². The number of aliphatic hydroxyl groups is 2. The number of hydrogen-bond donors (Lipinski definition) is 3. The van der Waals surface area contributed by atoms with Crippen LogP contribution in [0.2, 0.25) is 0 Å². The fraction of sp³-hybridized carbons (Fsp3) is 0.200. The number of ether oxygens (including phenoxy) is 1. The van der Waals surface area contributed by atoms with Gasteiger partial charge in [0.1, 0.15) is 11.8 Å². The van der Waals surface area contributed by atoms with E-state index in [-0.39, 0.29) is 17.0 Å². The Morgan fingerprint density at radius 2 is 2.09 bits per heavy atom. The molecule has 0 aromatic carbocycles. The molecule has 2 bridgehead atoms. The molecule has 2 aliphatic heterocycles. The molecule has 0 fully saturated rings. The molecule has 2 aliphatic rings. The number of methoxy groups -OCH3 is 1. The molecule has 3 N–H and O–H groups in total. The summed E-state index contributed by atoms with van der Waals surface area (Å²) in [4.78, 5) is 24.6. The minimum Gasteiger partial charge on any atom is -0.453 e. The van der Waals surface area contributed by atoms with E-state index in [1.807, 2.05) is 0 Å². The third kappa shape index (κ3) is 2.72. The molecule has 2 unspecified atom stereocenters. The zero-order chi connectivity index (χ0) is 16.3. The van der Waals surface area contributed by atoms with Crippen LogP contribution in [0.5, 0.6) is 0 Å². The van der Waals surface area contributed by atoms with Gasteiger partial charge in [-0.05, 0) is 12.2 Å². The molecule has 112 valence electrons. The van der Waals surface area contributed by atoms with E-state index in [1.54, 1.807) is 0 Å². The minimum atomic E-state index is -1.66. The molecule has 22 heavy (non-hydrogen) atoms. The Bertz CT molecular complexity index is 727. The summed E-state index contributed by atoms with van der Waals surface area (Å²) in [6.45, 7) is 3.70. The lowest BCUT2D eigenvalue weighted by Crippen LogP contribution is -2.48. The summed E-state index contributed by atoms with van der Waals surface area (Å²) in [6, 6.07) is 2.53. The Morgan fingerprint density at radius 1 is 1.41 bits per heavy atom. The van der Waals surface area contributed by atoms with E-state index >= 15 is 0 Å². The van der Waals surface area contributed by atoms with Gasteiger partial charge in [-0.2, -0.15) is 0 Å². The summed E-state index contributed by atoms with van der Waals surface area (Å²) >= 11 is 0. The van der Waals surface area contributed by atoms with E-state index in [0.717, 1.165) is 12.0 Å². The number of alkyl carbamates (subject to hydrolysis) is 1. The molecule has 7 nitrogen and oxygen atoms in total. The Kier molecular flexibility index (Phi) is 4.33. The average Bonchev–Trinajstić information content (AvgIpc) is 2.50. The molecule has 2 rings (SSSR count).